The minimum Gasteiger partial charge on any atom is -0.487 e. The molecule has 1 aromatic heterocycles. The summed E-state index contributed by atoms with van der Waals surface area (Å²) in [5.41, 5.74) is 1.74. The van der Waals surface area contributed by atoms with Crippen molar-refractivity contribution in [1.29, 1.82) is 0 Å². The van der Waals surface area contributed by atoms with Crippen molar-refractivity contribution in [2.24, 2.45) is 0 Å². The molecule has 1 heterocycles. The molecule has 3 aromatic rings. The topological polar surface area (TPSA) is 97.4 Å². The summed E-state index contributed by atoms with van der Waals surface area (Å²) < 4.78 is 32.8. The number of hydrogen-bond acceptors (Lipinski definition) is 5. The van der Waals surface area contributed by atoms with Gasteiger partial charge in [-0.15, -0.1) is 0 Å². The van der Waals surface area contributed by atoms with E-state index in [-0.39, 0.29) is 16.8 Å². The molecule has 1 amide bonds. The maximum atomic E-state index is 12.5. The van der Waals surface area contributed by atoms with Gasteiger partial charge in [-0.3, -0.25) is 9.78 Å². The molecule has 0 spiro atoms. The fourth-order valence-corrected chi connectivity index (χ4v) is 4.09. The first kappa shape index (κ1) is 20.1. The van der Waals surface area contributed by atoms with Gasteiger partial charge < -0.3 is 10.1 Å². The molecule has 1 aliphatic rings. The standard InChI is InChI=1S/C22H21N3O4S/c26-22(16-7-11-21(12-8-16)30(27,28)25-17-9-10-17)24-18-5-3-6-20(14-18)29-15-19-4-1-2-13-23-19/h1-8,11-14,17,25H,9-10,15H2,(H,24,26). The molecule has 0 radical (unpaired) electrons. The quantitative estimate of drug-likeness (QED) is 0.579. The highest BCUT2D eigenvalue weighted by molar-refractivity contribution is 7.89. The average Bonchev–Trinajstić information content (AvgIpc) is 3.57. The van der Waals surface area contributed by atoms with Crippen LogP contribution in [0.25, 0.3) is 0 Å². The first-order valence-electron chi connectivity index (χ1n) is 9.56. The molecule has 0 aliphatic heterocycles. The predicted octanol–water partition coefficient (Wildman–Crippen LogP) is 3.35. The number of carbonyl (C=O) groups excluding carboxylic acids is 1. The number of pyridine rings is 1. The Hall–Kier alpha value is -3.23. The Morgan fingerprint density at radius 3 is 2.53 bits per heavy atom. The van der Waals surface area contributed by atoms with Gasteiger partial charge in [-0.25, -0.2) is 13.1 Å². The summed E-state index contributed by atoms with van der Waals surface area (Å²) in [6.07, 6.45) is 3.43. The lowest BCUT2D eigenvalue weighted by Gasteiger charge is -2.10. The van der Waals surface area contributed by atoms with E-state index in [1.807, 2.05) is 18.2 Å². The number of benzene rings is 2. The summed E-state index contributed by atoms with van der Waals surface area (Å²) in [6.45, 7) is 0.322. The van der Waals surface area contributed by atoms with E-state index in [2.05, 4.69) is 15.0 Å². The molecular formula is C22H21N3O4S. The van der Waals surface area contributed by atoms with Crippen molar-refractivity contribution in [3.63, 3.8) is 0 Å². The van der Waals surface area contributed by atoms with E-state index >= 15 is 0 Å². The van der Waals surface area contributed by atoms with Gasteiger partial charge in [-0.2, -0.15) is 0 Å². The predicted molar refractivity (Wildman–Crippen MR) is 113 cm³/mol. The molecule has 1 fully saturated rings. The van der Waals surface area contributed by atoms with Crippen LogP contribution in [-0.4, -0.2) is 25.4 Å². The third-order valence-electron chi connectivity index (χ3n) is 4.53. The van der Waals surface area contributed by atoms with Crippen molar-refractivity contribution in [3.8, 4) is 5.75 Å². The van der Waals surface area contributed by atoms with Crippen LogP contribution in [0.2, 0.25) is 0 Å². The van der Waals surface area contributed by atoms with Gasteiger partial charge in [-0.05, 0) is 61.4 Å². The maximum absolute atomic E-state index is 12.5. The van der Waals surface area contributed by atoms with E-state index < -0.39 is 10.0 Å². The molecule has 2 N–H and O–H groups in total. The molecule has 0 saturated heterocycles. The van der Waals surface area contributed by atoms with Crippen LogP contribution in [0.15, 0.2) is 77.8 Å². The van der Waals surface area contributed by atoms with Crippen LogP contribution in [0.1, 0.15) is 28.9 Å². The van der Waals surface area contributed by atoms with E-state index in [1.165, 1.54) is 24.3 Å². The summed E-state index contributed by atoms with van der Waals surface area (Å²) in [6, 6.07) is 18.6. The molecule has 8 heteroatoms. The van der Waals surface area contributed by atoms with Crippen molar-refractivity contribution in [2.45, 2.75) is 30.4 Å². The van der Waals surface area contributed by atoms with Gasteiger partial charge in [0.05, 0.1) is 10.6 Å². The third-order valence-corrected chi connectivity index (χ3v) is 6.07. The summed E-state index contributed by atoms with van der Waals surface area (Å²) in [5, 5.41) is 2.80. The highest BCUT2D eigenvalue weighted by Gasteiger charge is 2.27. The summed E-state index contributed by atoms with van der Waals surface area (Å²) in [5.74, 6) is 0.266. The molecule has 154 valence electrons. The highest BCUT2D eigenvalue weighted by atomic mass is 32.2. The molecule has 30 heavy (non-hydrogen) atoms. The van der Waals surface area contributed by atoms with Crippen LogP contribution in [-0.2, 0) is 16.6 Å². The largest absolute Gasteiger partial charge is 0.487 e. The lowest BCUT2D eigenvalue weighted by molar-refractivity contribution is 0.102. The zero-order valence-corrected chi connectivity index (χ0v) is 16.9. The van der Waals surface area contributed by atoms with Gasteiger partial charge in [0.2, 0.25) is 10.0 Å². The van der Waals surface area contributed by atoms with E-state index in [4.69, 9.17) is 4.74 Å². The SMILES string of the molecule is O=C(Nc1cccc(OCc2ccccn2)c1)c1ccc(S(=O)(=O)NC2CC2)cc1. The molecule has 4 rings (SSSR count). The normalized spacial score (nSPS) is 13.6. The maximum Gasteiger partial charge on any atom is 0.255 e. The average molecular weight is 423 g/mol. The monoisotopic (exact) mass is 423 g/mol. The van der Waals surface area contributed by atoms with Gasteiger partial charge in [0.1, 0.15) is 12.4 Å². The number of anilines is 1. The van der Waals surface area contributed by atoms with Gasteiger partial charge in [0, 0.05) is 29.6 Å². The Morgan fingerprint density at radius 2 is 1.83 bits per heavy atom. The number of carbonyl (C=O) groups is 1. The Labute approximate surface area is 175 Å². The molecule has 1 saturated carbocycles. The molecule has 7 nitrogen and oxygen atoms in total. The molecule has 2 aromatic carbocycles. The van der Waals surface area contributed by atoms with Gasteiger partial charge in [0.15, 0.2) is 0 Å². The van der Waals surface area contributed by atoms with Crippen molar-refractivity contribution in [3.05, 3.63) is 84.2 Å². The molecule has 1 aliphatic carbocycles. The van der Waals surface area contributed by atoms with Crippen molar-refractivity contribution >= 4 is 21.6 Å². The number of amides is 1. The van der Waals surface area contributed by atoms with Gasteiger partial charge >= 0.3 is 0 Å². The Bertz CT molecular complexity index is 1130. The van der Waals surface area contributed by atoms with Crippen molar-refractivity contribution < 1.29 is 17.9 Å². The summed E-state index contributed by atoms with van der Waals surface area (Å²) in [4.78, 5) is 16.9. The summed E-state index contributed by atoms with van der Waals surface area (Å²) >= 11 is 0. The van der Waals surface area contributed by atoms with Crippen molar-refractivity contribution in [1.82, 2.24) is 9.71 Å². The smallest absolute Gasteiger partial charge is 0.255 e. The lowest BCUT2D eigenvalue weighted by Crippen LogP contribution is -2.25. The van der Waals surface area contributed by atoms with Crippen LogP contribution < -0.4 is 14.8 Å². The number of nitrogens with one attached hydrogen (secondary N) is 2. The number of ether oxygens (including phenoxy) is 1. The van der Waals surface area contributed by atoms with Crippen LogP contribution >= 0.6 is 0 Å². The molecule has 0 unspecified atom stereocenters. The number of rotatable bonds is 8. The number of sulfonamides is 1. The summed E-state index contributed by atoms with van der Waals surface area (Å²) in [7, 11) is -3.54. The Kier molecular flexibility index (Phi) is 5.78. The number of hydrogen-bond donors (Lipinski definition) is 2. The zero-order valence-electron chi connectivity index (χ0n) is 16.1. The fourth-order valence-electron chi connectivity index (χ4n) is 2.78. The van der Waals surface area contributed by atoms with Crippen LogP contribution in [0.3, 0.4) is 0 Å². The molecule has 0 bridgehead atoms. The minimum atomic E-state index is -3.54. The number of nitrogens with zero attached hydrogens (tertiary/aromatic N) is 1. The first-order valence-corrected chi connectivity index (χ1v) is 11.0. The van der Waals surface area contributed by atoms with Gasteiger partial charge in [-0.1, -0.05) is 12.1 Å². The number of aromatic nitrogens is 1. The van der Waals surface area contributed by atoms with E-state index in [0.29, 0.717) is 23.6 Å². The van der Waals surface area contributed by atoms with Gasteiger partial charge in [0.25, 0.3) is 5.91 Å². The van der Waals surface area contributed by atoms with E-state index in [9.17, 15) is 13.2 Å². The van der Waals surface area contributed by atoms with Crippen molar-refractivity contribution in [2.75, 3.05) is 5.32 Å². The van der Waals surface area contributed by atoms with Crippen LogP contribution in [0, 0.1) is 0 Å². The fraction of sp³-hybridized carbons (Fsp3) is 0.182. The Balaban J connectivity index is 1.38. The second kappa shape index (κ2) is 8.64. The molecule has 0 atom stereocenters. The van der Waals surface area contributed by atoms with Crippen LogP contribution in [0.5, 0.6) is 5.75 Å². The Morgan fingerprint density at radius 1 is 1.03 bits per heavy atom. The highest BCUT2D eigenvalue weighted by Crippen LogP contribution is 2.23. The molecular weight excluding hydrogens is 402 g/mol. The second-order valence-electron chi connectivity index (χ2n) is 7.01. The van der Waals surface area contributed by atoms with E-state index in [0.717, 1.165) is 18.5 Å². The second-order valence-corrected chi connectivity index (χ2v) is 8.73. The lowest BCUT2D eigenvalue weighted by atomic mass is 10.2. The van der Waals surface area contributed by atoms with E-state index in [1.54, 1.807) is 30.5 Å². The zero-order chi connectivity index (χ0) is 21.0. The minimum absolute atomic E-state index is 0.0325. The van der Waals surface area contributed by atoms with Crippen LogP contribution in [0.4, 0.5) is 5.69 Å². The third kappa shape index (κ3) is 5.22. The first-order chi connectivity index (χ1) is 14.5.